The van der Waals surface area contributed by atoms with Crippen LogP contribution in [0.25, 0.3) is 11.1 Å². The molecular weight excluding hydrogens is 264 g/mol. The number of carbonyl (C=O) groups is 1. The highest BCUT2D eigenvalue weighted by atomic mass is 16.5. The Hall–Kier alpha value is -2.13. The van der Waals surface area contributed by atoms with Crippen LogP contribution in [-0.4, -0.2) is 12.6 Å². The van der Waals surface area contributed by atoms with E-state index >= 15 is 0 Å². The lowest BCUT2D eigenvalue weighted by Crippen LogP contribution is -2.21. The third-order valence-electron chi connectivity index (χ3n) is 3.41. The van der Waals surface area contributed by atoms with Crippen LogP contribution in [0.4, 0.5) is 0 Å². The smallest absolute Gasteiger partial charge is 0.0796 e. The Balaban J connectivity index is 2.13. The number of aromatic carboxylic acids is 1. The summed E-state index contributed by atoms with van der Waals surface area (Å²) in [5, 5.41) is 10.7. The summed E-state index contributed by atoms with van der Waals surface area (Å²) in [4.78, 5) is 10.7. The summed E-state index contributed by atoms with van der Waals surface area (Å²) in [5.41, 5.74) is 3.36. The number of hydrogen-bond acceptors (Lipinski definition) is 3. The van der Waals surface area contributed by atoms with Crippen molar-refractivity contribution in [1.29, 1.82) is 0 Å². The number of benzene rings is 2. The third-order valence-corrected chi connectivity index (χ3v) is 3.41. The van der Waals surface area contributed by atoms with Gasteiger partial charge in [0.1, 0.15) is 0 Å². The first-order valence-corrected chi connectivity index (χ1v) is 7.15. The number of ether oxygens (including phenoxy) is 1. The maximum absolute atomic E-state index is 10.7. The molecular formula is C18H19O3-. The molecule has 2 aromatic rings. The predicted molar refractivity (Wildman–Crippen MR) is 80.9 cm³/mol. The van der Waals surface area contributed by atoms with Crippen molar-refractivity contribution in [2.24, 2.45) is 0 Å². The summed E-state index contributed by atoms with van der Waals surface area (Å²) >= 11 is 0. The Kier molecular flexibility index (Phi) is 5.12. The van der Waals surface area contributed by atoms with Crippen LogP contribution < -0.4 is 5.11 Å². The van der Waals surface area contributed by atoms with E-state index in [-0.39, 0.29) is 11.7 Å². The molecule has 0 spiro atoms. The van der Waals surface area contributed by atoms with Gasteiger partial charge >= 0.3 is 0 Å². The maximum Gasteiger partial charge on any atom is 0.0796 e. The van der Waals surface area contributed by atoms with Crippen molar-refractivity contribution >= 4 is 5.97 Å². The van der Waals surface area contributed by atoms with Gasteiger partial charge in [0.05, 0.1) is 12.1 Å². The van der Waals surface area contributed by atoms with E-state index in [1.807, 2.05) is 31.2 Å². The number of carboxylic acids is 1. The van der Waals surface area contributed by atoms with Gasteiger partial charge in [0.15, 0.2) is 0 Å². The van der Waals surface area contributed by atoms with Gasteiger partial charge < -0.3 is 14.6 Å². The van der Waals surface area contributed by atoms with Crippen molar-refractivity contribution in [3.63, 3.8) is 0 Å². The summed E-state index contributed by atoms with van der Waals surface area (Å²) in [5.74, 6) is -1.15. The second kappa shape index (κ2) is 7.04. The normalized spacial score (nSPS) is 12.1. The first-order chi connectivity index (χ1) is 10.1. The zero-order chi connectivity index (χ0) is 15.2. The van der Waals surface area contributed by atoms with Gasteiger partial charge in [-0.15, -0.1) is 0 Å². The lowest BCUT2D eigenvalue weighted by Gasteiger charge is -2.13. The molecule has 0 aliphatic heterocycles. The molecule has 0 N–H and O–H groups in total. The number of carboxylic acid groups (broad SMARTS) is 1. The fraction of sp³-hybridized carbons (Fsp3) is 0.278. The molecule has 0 fully saturated rings. The van der Waals surface area contributed by atoms with Gasteiger partial charge in [0.25, 0.3) is 0 Å². The van der Waals surface area contributed by atoms with Crippen molar-refractivity contribution in [3.05, 3.63) is 59.7 Å². The molecule has 0 amide bonds. The largest absolute Gasteiger partial charge is 0.545 e. The minimum atomic E-state index is -1.15. The van der Waals surface area contributed by atoms with Crippen molar-refractivity contribution in [2.75, 3.05) is 6.61 Å². The molecule has 110 valence electrons. The number of carbonyl (C=O) groups excluding carboxylic acids is 1. The first kappa shape index (κ1) is 15.3. The molecule has 0 bridgehead atoms. The van der Waals surface area contributed by atoms with Crippen molar-refractivity contribution in [3.8, 4) is 11.1 Å². The summed E-state index contributed by atoms with van der Waals surface area (Å²) in [6, 6.07) is 14.8. The molecule has 3 nitrogen and oxygen atoms in total. The van der Waals surface area contributed by atoms with E-state index < -0.39 is 5.97 Å². The molecule has 0 heterocycles. The van der Waals surface area contributed by atoms with E-state index in [0.717, 1.165) is 29.7 Å². The van der Waals surface area contributed by atoms with Crippen molar-refractivity contribution in [2.45, 2.75) is 26.4 Å². The zero-order valence-corrected chi connectivity index (χ0v) is 12.3. The van der Waals surface area contributed by atoms with E-state index in [9.17, 15) is 9.90 Å². The minimum Gasteiger partial charge on any atom is -0.545 e. The van der Waals surface area contributed by atoms with Gasteiger partial charge in [-0.3, -0.25) is 0 Å². The van der Waals surface area contributed by atoms with Crippen LogP contribution in [-0.2, 0) is 4.74 Å². The Labute approximate surface area is 125 Å². The molecule has 21 heavy (non-hydrogen) atoms. The summed E-state index contributed by atoms with van der Waals surface area (Å²) < 4.78 is 5.69. The van der Waals surface area contributed by atoms with E-state index in [1.165, 1.54) is 0 Å². The monoisotopic (exact) mass is 283 g/mol. The third kappa shape index (κ3) is 3.92. The van der Waals surface area contributed by atoms with Gasteiger partial charge in [-0.2, -0.15) is 0 Å². The van der Waals surface area contributed by atoms with Crippen LogP contribution in [0.5, 0.6) is 0 Å². The second-order valence-corrected chi connectivity index (χ2v) is 5.00. The highest BCUT2D eigenvalue weighted by molar-refractivity contribution is 5.86. The standard InChI is InChI=1S/C18H20O3/c1-3-12-21-13(2)14-4-6-15(7-5-14)16-8-10-17(11-9-16)18(19)20/h4-11,13H,3,12H2,1-2H3,(H,19,20)/p-1/t13-/m0/s1. The molecule has 0 aromatic heterocycles. The number of rotatable bonds is 6. The molecule has 2 rings (SSSR count). The molecule has 1 atom stereocenters. The Bertz CT molecular complexity index is 585. The Morgan fingerprint density at radius 2 is 1.57 bits per heavy atom. The topological polar surface area (TPSA) is 49.4 Å². The quantitative estimate of drug-likeness (QED) is 0.818. The average Bonchev–Trinajstić information content (AvgIpc) is 2.53. The fourth-order valence-electron chi connectivity index (χ4n) is 2.14. The van der Waals surface area contributed by atoms with E-state index in [1.54, 1.807) is 24.3 Å². The summed E-state index contributed by atoms with van der Waals surface area (Å²) in [6.07, 6.45) is 1.09. The fourth-order valence-corrected chi connectivity index (χ4v) is 2.14. The Morgan fingerprint density at radius 1 is 1.05 bits per heavy atom. The van der Waals surface area contributed by atoms with Gasteiger partial charge in [0.2, 0.25) is 0 Å². The van der Waals surface area contributed by atoms with Crippen LogP contribution >= 0.6 is 0 Å². The zero-order valence-electron chi connectivity index (χ0n) is 12.3. The lowest BCUT2D eigenvalue weighted by atomic mass is 10.0. The van der Waals surface area contributed by atoms with Crippen molar-refractivity contribution in [1.82, 2.24) is 0 Å². The highest BCUT2D eigenvalue weighted by Crippen LogP contribution is 2.23. The molecule has 0 saturated carbocycles. The molecule has 0 radical (unpaired) electrons. The van der Waals surface area contributed by atoms with E-state index in [2.05, 4.69) is 6.92 Å². The Morgan fingerprint density at radius 3 is 2.05 bits per heavy atom. The predicted octanol–water partition coefficient (Wildman–Crippen LogP) is 3.20. The average molecular weight is 283 g/mol. The van der Waals surface area contributed by atoms with Crippen LogP contribution in [0.2, 0.25) is 0 Å². The molecule has 2 aromatic carbocycles. The van der Waals surface area contributed by atoms with Crippen LogP contribution in [0.3, 0.4) is 0 Å². The highest BCUT2D eigenvalue weighted by Gasteiger charge is 2.05. The second-order valence-electron chi connectivity index (χ2n) is 5.00. The van der Waals surface area contributed by atoms with Crippen LogP contribution in [0, 0.1) is 0 Å². The van der Waals surface area contributed by atoms with Gasteiger partial charge in [-0.1, -0.05) is 55.5 Å². The number of hydrogen-bond donors (Lipinski definition) is 0. The van der Waals surface area contributed by atoms with Crippen LogP contribution in [0.15, 0.2) is 48.5 Å². The van der Waals surface area contributed by atoms with Gasteiger partial charge in [-0.25, -0.2) is 0 Å². The molecule has 0 aliphatic carbocycles. The van der Waals surface area contributed by atoms with Crippen molar-refractivity contribution < 1.29 is 14.6 Å². The molecule has 0 aliphatic rings. The SMILES string of the molecule is CCCO[C@@H](C)c1ccc(-c2ccc(C(=O)[O-])cc2)cc1. The minimum absolute atomic E-state index is 0.0828. The van der Waals surface area contributed by atoms with Gasteiger partial charge in [0, 0.05) is 6.61 Å². The van der Waals surface area contributed by atoms with Crippen LogP contribution in [0.1, 0.15) is 42.3 Å². The molecule has 0 unspecified atom stereocenters. The molecule has 3 heteroatoms. The lowest BCUT2D eigenvalue weighted by molar-refractivity contribution is -0.255. The van der Waals surface area contributed by atoms with Gasteiger partial charge in [-0.05, 0) is 35.6 Å². The summed E-state index contributed by atoms with van der Waals surface area (Å²) in [6.45, 7) is 4.89. The first-order valence-electron chi connectivity index (χ1n) is 7.15. The van der Waals surface area contributed by atoms with E-state index in [0.29, 0.717) is 0 Å². The maximum atomic E-state index is 10.7. The van der Waals surface area contributed by atoms with E-state index in [4.69, 9.17) is 4.74 Å². The molecule has 0 saturated heterocycles. The summed E-state index contributed by atoms with van der Waals surface area (Å²) in [7, 11) is 0.